The Morgan fingerprint density at radius 2 is 2.22 bits per heavy atom. The number of pyridine rings is 2. The smallest absolute Gasteiger partial charge is 0.249 e. The number of nitrogens with zero attached hydrogens (tertiary/aromatic N) is 2. The van der Waals surface area contributed by atoms with Crippen LogP contribution in [0.5, 0.6) is 0 Å². The summed E-state index contributed by atoms with van der Waals surface area (Å²) in [5.74, 6) is 1.53. The molecule has 0 saturated carbocycles. The van der Waals surface area contributed by atoms with E-state index in [2.05, 4.69) is 34.9 Å². The fourth-order valence-corrected chi connectivity index (χ4v) is 2.66. The van der Waals surface area contributed by atoms with Crippen LogP contribution in [0.1, 0.15) is 30.4 Å². The van der Waals surface area contributed by atoms with E-state index in [-0.39, 0.29) is 5.56 Å². The standard InChI is InChI=1S/C14H17N3O/c1-8-4-5-17(3)14-11(8)7-10-9(2)6-12(18)15-13(10)16-14/h6-8H,4-5H2,1-3H3,(H,15,16,18). The number of anilines is 1. The van der Waals surface area contributed by atoms with E-state index in [9.17, 15) is 4.79 Å². The third-order valence-corrected chi connectivity index (χ3v) is 3.83. The fourth-order valence-electron chi connectivity index (χ4n) is 2.66. The summed E-state index contributed by atoms with van der Waals surface area (Å²) in [4.78, 5) is 21.1. The van der Waals surface area contributed by atoms with Crippen molar-refractivity contribution in [3.63, 3.8) is 0 Å². The van der Waals surface area contributed by atoms with Gasteiger partial charge in [-0.25, -0.2) is 4.98 Å². The molecule has 4 heteroatoms. The molecule has 3 rings (SSSR count). The maximum absolute atomic E-state index is 11.5. The van der Waals surface area contributed by atoms with Crippen molar-refractivity contribution in [1.82, 2.24) is 9.97 Å². The first-order valence-electron chi connectivity index (χ1n) is 6.32. The maximum Gasteiger partial charge on any atom is 0.249 e. The summed E-state index contributed by atoms with van der Waals surface area (Å²) in [6.45, 7) is 5.21. The number of fused-ring (bicyclic) bond motifs is 2. The predicted octanol–water partition coefficient (Wildman–Crippen LogP) is 2.17. The molecule has 4 nitrogen and oxygen atoms in total. The second-order valence-electron chi connectivity index (χ2n) is 5.23. The lowest BCUT2D eigenvalue weighted by molar-refractivity contribution is 0.630. The summed E-state index contributed by atoms with van der Waals surface area (Å²) in [5, 5.41) is 1.05. The van der Waals surface area contributed by atoms with Gasteiger partial charge in [0.15, 0.2) is 0 Å². The Morgan fingerprint density at radius 3 is 3.00 bits per heavy atom. The highest BCUT2D eigenvalue weighted by molar-refractivity contribution is 5.82. The molecule has 0 spiro atoms. The highest BCUT2D eigenvalue weighted by Crippen LogP contribution is 2.34. The second-order valence-corrected chi connectivity index (χ2v) is 5.23. The summed E-state index contributed by atoms with van der Waals surface area (Å²) in [7, 11) is 2.05. The minimum Gasteiger partial charge on any atom is -0.359 e. The fraction of sp³-hybridized carbons (Fsp3) is 0.429. The van der Waals surface area contributed by atoms with Crippen LogP contribution in [0.3, 0.4) is 0 Å². The van der Waals surface area contributed by atoms with Crippen LogP contribution in [-0.2, 0) is 0 Å². The first kappa shape index (κ1) is 11.3. The minimum absolute atomic E-state index is 0.0843. The van der Waals surface area contributed by atoms with Crippen LogP contribution < -0.4 is 10.5 Å². The quantitative estimate of drug-likeness (QED) is 0.771. The van der Waals surface area contributed by atoms with Crippen molar-refractivity contribution in [2.24, 2.45) is 0 Å². The van der Waals surface area contributed by atoms with Crippen LogP contribution >= 0.6 is 0 Å². The van der Waals surface area contributed by atoms with E-state index in [1.807, 2.05) is 6.92 Å². The topological polar surface area (TPSA) is 49.0 Å². The van der Waals surface area contributed by atoms with Crippen LogP contribution in [0.15, 0.2) is 16.9 Å². The van der Waals surface area contributed by atoms with E-state index in [1.54, 1.807) is 6.07 Å². The van der Waals surface area contributed by atoms with Gasteiger partial charge in [-0.2, -0.15) is 0 Å². The van der Waals surface area contributed by atoms with Crippen LogP contribution in [0, 0.1) is 6.92 Å². The number of rotatable bonds is 0. The lowest BCUT2D eigenvalue weighted by Gasteiger charge is -2.30. The number of H-pyrrole nitrogens is 1. The number of aromatic amines is 1. The van der Waals surface area contributed by atoms with Gasteiger partial charge in [-0.15, -0.1) is 0 Å². The van der Waals surface area contributed by atoms with Gasteiger partial charge in [0.25, 0.3) is 0 Å². The van der Waals surface area contributed by atoms with Crippen molar-refractivity contribution in [2.75, 3.05) is 18.5 Å². The van der Waals surface area contributed by atoms with Gasteiger partial charge in [-0.1, -0.05) is 6.92 Å². The van der Waals surface area contributed by atoms with Crippen molar-refractivity contribution in [2.45, 2.75) is 26.2 Å². The van der Waals surface area contributed by atoms with E-state index in [1.165, 1.54) is 5.56 Å². The van der Waals surface area contributed by atoms with Crippen molar-refractivity contribution in [3.05, 3.63) is 33.6 Å². The van der Waals surface area contributed by atoms with Crippen LogP contribution in [0.2, 0.25) is 0 Å². The number of aromatic nitrogens is 2. The Balaban J connectivity index is 2.36. The molecule has 1 atom stereocenters. The van der Waals surface area contributed by atoms with Gasteiger partial charge in [0, 0.05) is 25.0 Å². The molecule has 1 aliphatic heterocycles. The predicted molar refractivity (Wildman–Crippen MR) is 73.4 cm³/mol. The minimum atomic E-state index is -0.0843. The molecule has 0 amide bonds. The van der Waals surface area contributed by atoms with Gasteiger partial charge < -0.3 is 9.88 Å². The summed E-state index contributed by atoms with van der Waals surface area (Å²) in [6.07, 6.45) is 1.15. The average Bonchev–Trinajstić information content (AvgIpc) is 2.32. The molecule has 0 aliphatic carbocycles. The van der Waals surface area contributed by atoms with Crippen LogP contribution in [-0.4, -0.2) is 23.6 Å². The lowest BCUT2D eigenvalue weighted by atomic mass is 9.93. The Kier molecular flexibility index (Phi) is 2.40. The maximum atomic E-state index is 11.5. The Morgan fingerprint density at radius 1 is 1.44 bits per heavy atom. The lowest BCUT2D eigenvalue weighted by Crippen LogP contribution is -2.27. The molecule has 1 N–H and O–H groups in total. The Bertz CT molecular complexity index is 675. The van der Waals surface area contributed by atoms with E-state index in [0.717, 1.165) is 29.7 Å². The zero-order valence-electron chi connectivity index (χ0n) is 10.9. The zero-order chi connectivity index (χ0) is 12.9. The molecular formula is C14H17N3O. The molecule has 0 aromatic carbocycles. The molecule has 2 aromatic heterocycles. The van der Waals surface area contributed by atoms with Gasteiger partial charge >= 0.3 is 0 Å². The van der Waals surface area contributed by atoms with Crippen molar-refractivity contribution >= 4 is 16.9 Å². The summed E-state index contributed by atoms with van der Waals surface area (Å²) in [6, 6.07) is 3.82. The second kappa shape index (κ2) is 3.83. The summed E-state index contributed by atoms with van der Waals surface area (Å²) >= 11 is 0. The third kappa shape index (κ3) is 1.60. The Labute approximate surface area is 106 Å². The molecule has 3 heterocycles. The molecule has 2 aromatic rings. The highest BCUT2D eigenvalue weighted by Gasteiger charge is 2.22. The van der Waals surface area contributed by atoms with Gasteiger partial charge in [0.05, 0.1) is 0 Å². The molecule has 0 fully saturated rings. The van der Waals surface area contributed by atoms with E-state index in [0.29, 0.717) is 11.6 Å². The van der Waals surface area contributed by atoms with E-state index < -0.39 is 0 Å². The van der Waals surface area contributed by atoms with Gasteiger partial charge in [0.1, 0.15) is 11.5 Å². The number of hydrogen-bond donors (Lipinski definition) is 1. The molecule has 0 saturated heterocycles. The largest absolute Gasteiger partial charge is 0.359 e. The SMILES string of the molecule is Cc1cc(=O)[nH]c2nc3c(cc12)C(C)CCN3C. The normalized spacial score (nSPS) is 19.1. The summed E-state index contributed by atoms with van der Waals surface area (Å²) in [5.41, 5.74) is 2.88. The van der Waals surface area contributed by atoms with Crippen molar-refractivity contribution in [3.8, 4) is 0 Å². The molecule has 94 valence electrons. The molecule has 18 heavy (non-hydrogen) atoms. The van der Waals surface area contributed by atoms with Crippen molar-refractivity contribution < 1.29 is 0 Å². The molecular weight excluding hydrogens is 226 g/mol. The molecule has 1 aliphatic rings. The third-order valence-electron chi connectivity index (χ3n) is 3.83. The number of hydrogen-bond acceptors (Lipinski definition) is 3. The van der Waals surface area contributed by atoms with Gasteiger partial charge in [-0.3, -0.25) is 4.79 Å². The van der Waals surface area contributed by atoms with Crippen LogP contribution in [0.25, 0.3) is 11.0 Å². The van der Waals surface area contributed by atoms with E-state index >= 15 is 0 Å². The average molecular weight is 243 g/mol. The first-order valence-corrected chi connectivity index (χ1v) is 6.32. The van der Waals surface area contributed by atoms with Gasteiger partial charge in [-0.05, 0) is 36.5 Å². The molecule has 0 radical (unpaired) electrons. The Hall–Kier alpha value is -1.84. The van der Waals surface area contributed by atoms with Crippen molar-refractivity contribution in [1.29, 1.82) is 0 Å². The number of nitrogens with one attached hydrogen (secondary N) is 1. The van der Waals surface area contributed by atoms with Gasteiger partial charge in [0.2, 0.25) is 5.56 Å². The zero-order valence-corrected chi connectivity index (χ0v) is 10.9. The van der Waals surface area contributed by atoms with Crippen LogP contribution in [0.4, 0.5) is 5.82 Å². The molecule has 1 unspecified atom stereocenters. The first-order chi connectivity index (χ1) is 8.56. The molecule has 0 bridgehead atoms. The number of aryl methyl sites for hydroxylation is 1. The monoisotopic (exact) mass is 243 g/mol. The van der Waals surface area contributed by atoms with E-state index in [4.69, 9.17) is 0 Å². The highest BCUT2D eigenvalue weighted by atomic mass is 16.1. The summed E-state index contributed by atoms with van der Waals surface area (Å²) < 4.78 is 0.